The van der Waals surface area contributed by atoms with Crippen LogP contribution < -0.4 is 5.90 Å². The van der Waals surface area contributed by atoms with Crippen LogP contribution in [0.4, 0.5) is 0 Å². The number of hydrogen-bond acceptors (Lipinski definition) is 4. The highest BCUT2D eigenvalue weighted by molar-refractivity contribution is 5.80. The molecule has 2 N–H and O–H groups in total. The highest BCUT2D eigenvalue weighted by atomic mass is 16.7. The third-order valence-electron chi connectivity index (χ3n) is 2.41. The largest absolute Gasteiger partial charge is 0.458 e. The number of rotatable bonds is 2. The number of carbonyl (C=O) groups excluding carboxylic acids is 1. The first-order valence-corrected chi connectivity index (χ1v) is 5.01. The molecule has 0 aromatic rings. The lowest BCUT2D eigenvalue weighted by molar-refractivity contribution is -0.184. The Morgan fingerprint density at radius 2 is 1.79 bits per heavy atom. The second-order valence-electron chi connectivity index (χ2n) is 4.82. The molecule has 0 saturated heterocycles. The van der Waals surface area contributed by atoms with Gasteiger partial charge in [0.25, 0.3) is 0 Å². The van der Waals surface area contributed by atoms with E-state index in [4.69, 9.17) is 15.5 Å². The SMILES string of the molecule is CC(C)(C)OC(=O)C1(ON)CCCC1. The Labute approximate surface area is 84.7 Å². The van der Waals surface area contributed by atoms with E-state index in [1.807, 2.05) is 20.8 Å². The van der Waals surface area contributed by atoms with Gasteiger partial charge in [-0.1, -0.05) is 0 Å². The van der Waals surface area contributed by atoms with Gasteiger partial charge in [-0.05, 0) is 46.5 Å². The van der Waals surface area contributed by atoms with Crippen molar-refractivity contribution in [3.05, 3.63) is 0 Å². The van der Waals surface area contributed by atoms with Crippen LogP contribution in [0.25, 0.3) is 0 Å². The fraction of sp³-hybridized carbons (Fsp3) is 0.900. The van der Waals surface area contributed by atoms with E-state index in [1.54, 1.807) is 0 Å². The second-order valence-corrected chi connectivity index (χ2v) is 4.82. The molecule has 0 atom stereocenters. The summed E-state index contributed by atoms with van der Waals surface area (Å²) in [5.74, 6) is 4.86. The van der Waals surface area contributed by atoms with Gasteiger partial charge in [0.15, 0.2) is 5.60 Å². The van der Waals surface area contributed by atoms with Gasteiger partial charge in [-0.2, -0.15) is 0 Å². The maximum atomic E-state index is 11.8. The van der Waals surface area contributed by atoms with Crippen LogP contribution in [0.15, 0.2) is 0 Å². The van der Waals surface area contributed by atoms with Crippen molar-refractivity contribution in [1.29, 1.82) is 0 Å². The molecule has 0 radical (unpaired) electrons. The Morgan fingerprint density at radius 1 is 1.29 bits per heavy atom. The highest BCUT2D eigenvalue weighted by Crippen LogP contribution is 2.34. The van der Waals surface area contributed by atoms with Gasteiger partial charge in [0.1, 0.15) is 5.60 Å². The average Bonchev–Trinajstić information content (AvgIpc) is 2.49. The standard InChI is InChI=1S/C10H19NO3/c1-9(2,3)13-8(12)10(14-11)6-4-5-7-10/h4-7,11H2,1-3H3. The lowest BCUT2D eigenvalue weighted by atomic mass is 10.0. The third kappa shape index (κ3) is 2.45. The van der Waals surface area contributed by atoms with Gasteiger partial charge in [-0.3, -0.25) is 4.84 Å². The molecule has 4 heteroatoms. The van der Waals surface area contributed by atoms with Crippen LogP contribution in [-0.2, 0) is 14.4 Å². The monoisotopic (exact) mass is 201 g/mol. The molecule has 1 aliphatic rings. The Hall–Kier alpha value is -0.610. The molecule has 82 valence electrons. The molecule has 1 saturated carbocycles. The van der Waals surface area contributed by atoms with Gasteiger partial charge >= 0.3 is 5.97 Å². The van der Waals surface area contributed by atoms with E-state index in [9.17, 15) is 4.79 Å². The summed E-state index contributed by atoms with van der Waals surface area (Å²) in [6.45, 7) is 5.51. The normalized spacial score (nSPS) is 20.9. The van der Waals surface area contributed by atoms with Crippen molar-refractivity contribution in [3.8, 4) is 0 Å². The molecule has 0 aromatic heterocycles. The quantitative estimate of drug-likeness (QED) is 0.543. The van der Waals surface area contributed by atoms with Gasteiger partial charge < -0.3 is 4.74 Å². The third-order valence-corrected chi connectivity index (χ3v) is 2.41. The van der Waals surface area contributed by atoms with Crippen LogP contribution in [0, 0.1) is 0 Å². The molecule has 1 rings (SSSR count). The fourth-order valence-corrected chi connectivity index (χ4v) is 1.69. The first kappa shape index (κ1) is 11.5. The summed E-state index contributed by atoms with van der Waals surface area (Å²) in [5.41, 5.74) is -1.36. The Kier molecular flexibility index (Phi) is 3.17. The lowest BCUT2D eigenvalue weighted by Crippen LogP contribution is -2.45. The Balaban J connectivity index is 2.66. The maximum Gasteiger partial charge on any atom is 0.341 e. The molecule has 0 spiro atoms. The van der Waals surface area contributed by atoms with E-state index in [2.05, 4.69) is 0 Å². The predicted octanol–water partition coefficient (Wildman–Crippen LogP) is 1.53. The molecule has 1 fully saturated rings. The second kappa shape index (κ2) is 3.87. The van der Waals surface area contributed by atoms with Crippen LogP contribution >= 0.6 is 0 Å². The highest BCUT2D eigenvalue weighted by Gasteiger charge is 2.45. The molecule has 0 bridgehead atoms. The van der Waals surface area contributed by atoms with Crippen molar-refractivity contribution < 1.29 is 14.4 Å². The summed E-state index contributed by atoms with van der Waals surface area (Å²) in [6, 6.07) is 0. The minimum atomic E-state index is -0.882. The van der Waals surface area contributed by atoms with Crippen LogP contribution in [-0.4, -0.2) is 17.2 Å². The lowest BCUT2D eigenvalue weighted by Gasteiger charge is -2.29. The minimum absolute atomic E-state index is 0.329. The summed E-state index contributed by atoms with van der Waals surface area (Å²) in [7, 11) is 0. The van der Waals surface area contributed by atoms with Gasteiger partial charge in [0, 0.05) is 0 Å². The number of ether oxygens (including phenoxy) is 1. The molecule has 0 unspecified atom stereocenters. The number of carbonyl (C=O) groups is 1. The van der Waals surface area contributed by atoms with Crippen LogP contribution in [0.1, 0.15) is 46.5 Å². The topological polar surface area (TPSA) is 61.5 Å². The molecule has 4 nitrogen and oxygen atoms in total. The smallest absolute Gasteiger partial charge is 0.341 e. The molecular weight excluding hydrogens is 182 g/mol. The molecule has 0 aromatic carbocycles. The van der Waals surface area contributed by atoms with E-state index in [-0.39, 0.29) is 5.97 Å². The van der Waals surface area contributed by atoms with Crippen molar-refractivity contribution >= 4 is 5.97 Å². The zero-order valence-corrected chi connectivity index (χ0v) is 9.13. The van der Waals surface area contributed by atoms with Gasteiger partial charge in [0.2, 0.25) is 0 Å². The molecule has 0 amide bonds. The van der Waals surface area contributed by atoms with Gasteiger partial charge in [0.05, 0.1) is 0 Å². The summed E-state index contributed by atoms with van der Waals surface area (Å²) in [5, 5.41) is 0. The summed E-state index contributed by atoms with van der Waals surface area (Å²) in [6.07, 6.45) is 3.27. The Bertz CT molecular complexity index is 214. The first-order chi connectivity index (χ1) is 6.40. The molecule has 14 heavy (non-hydrogen) atoms. The number of hydrogen-bond donors (Lipinski definition) is 1. The van der Waals surface area contributed by atoms with Gasteiger partial charge in [-0.15, -0.1) is 0 Å². The molecule has 0 heterocycles. The summed E-state index contributed by atoms with van der Waals surface area (Å²) >= 11 is 0. The van der Waals surface area contributed by atoms with E-state index in [0.29, 0.717) is 12.8 Å². The molecule has 1 aliphatic carbocycles. The molecular formula is C10H19NO3. The van der Waals surface area contributed by atoms with Crippen LogP contribution in [0.5, 0.6) is 0 Å². The van der Waals surface area contributed by atoms with Crippen molar-refractivity contribution in [1.82, 2.24) is 0 Å². The van der Waals surface area contributed by atoms with Crippen molar-refractivity contribution in [3.63, 3.8) is 0 Å². The van der Waals surface area contributed by atoms with Crippen molar-refractivity contribution in [2.45, 2.75) is 57.7 Å². The fourth-order valence-electron chi connectivity index (χ4n) is 1.69. The zero-order valence-electron chi connectivity index (χ0n) is 9.13. The average molecular weight is 201 g/mol. The number of nitrogens with two attached hydrogens (primary N) is 1. The molecule has 0 aliphatic heterocycles. The summed E-state index contributed by atoms with van der Waals surface area (Å²) < 4.78 is 5.27. The minimum Gasteiger partial charge on any atom is -0.458 e. The van der Waals surface area contributed by atoms with E-state index in [0.717, 1.165) is 12.8 Å². The predicted molar refractivity (Wildman–Crippen MR) is 52.3 cm³/mol. The van der Waals surface area contributed by atoms with E-state index in [1.165, 1.54) is 0 Å². The van der Waals surface area contributed by atoms with E-state index < -0.39 is 11.2 Å². The first-order valence-electron chi connectivity index (χ1n) is 5.01. The zero-order chi connectivity index (χ0) is 10.8. The maximum absolute atomic E-state index is 11.8. The number of esters is 1. The Morgan fingerprint density at radius 3 is 2.14 bits per heavy atom. The van der Waals surface area contributed by atoms with Crippen molar-refractivity contribution in [2.24, 2.45) is 5.90 Å². The van der Waals surface area contributed by atoms with Crippen LogP contribution in [0.3, 0.4) is 0 Å². The summed E-state index contributed by atoms with van der Waals surface area (Å²) in [4.78, 5) is 16.6. The van der Waals surface area contributed by atoms with Gasteiger partial charge in [-0.25, -0.2) is 10.7 Å². The van der Waals surface area contributed by atoms with Crippen LogP contribution in [0.2, 0.25) is 0 Å². The van der Waals surface area contributed by atoms with Crippen molar-refractivity contribution in [2.75, 3.05) is 0 Å². The van der Waals surface area contributed by atoms with E-state index >= 15 is 0 Å².